The molecular formula is C18H34N4O6S2. The number of carbonyl (C=O) groups is 4. The standard InChI is InChI=1S/C18H34N4O6S2/c1-17(2,3)27-15(25)21-11-13(23)19-7-9-29-30-10-8-20-14(24)12-22-16(26)28-18(4,5)6/h7-12H2,1-6H3,(H,19,23)(H,20,24)(H,21,25)(H,22,26). The van der Waals surface area contributed by atoms with Crippen LogP contribution < -0.4 is 21.3 Å². The molecular weight excluding hydrogens is 432 g/mol. The van der Waals surface area contributed by atoms with Crippen LogP contribution in [-0.2, 0) is 19.1 Å². The molecule has 0 radical (unpaired) electrons. The molecule has 0 bridgehead atoms. The Morgan fingerprint density at radius 1 is 0.633 bits per heavy atom. The fourth-order valence-corrected chi connectivity index (χ4v) is 3.45. The number of hydrogen-bond acceptors (Lipinski definition) is 8. The molecule has 0 fully saturated rings. The summed E-state index contributed by atoms with van der Waals surface area (Å²) in [6.45, 7) is 11.1. The van der Waals surface area contributed by atoms with E-state index in [1.807, 2.05) is 0 Å². The maximum absolute atomic E-state index is 11.6. The Kier molecular flexibility index (Phi) is 13.4. The molecule has 0 saturated heterocycles. The number of rotatable bonds is 11. The molecule has 0 aliphatic heterocycles. The van der Waals surface area contributed by atoms with Gasteiger partial charge in [0.2, 0.25) is 11.8 Å². The maximum atomic E-state index is 11.6. The predicted octanol–water partition coefficient (Wildman–Crippen LogP) is 1.65. The molecule has 0 unspecified atom stereocenters. The monoisotopic (exact) mass is 466 g/mol. The Morgan fingerprint density at radius 3 is 1.27 bits per heavy atom. The largest absolute Gasteiger partial charge is 0.444 e. The minimum atomic E-state index is -0.633. The summed E-state index contributed by atoms with van der Waals surface area (Å²) in [5, 5.41) is 10.2. The van der Waals surface area contributed by atoms with Crippen molar-refractivity contribution in [1.29, 1.82) is 0 Å². The second-order valence-electron chi connectivity index (χ2n) is 8.05. The van der Waals surface area contributed by atoms with Gasteiger partial charge in [-0.05, 0) is 41.5 Å². The minimum Gasteiger partial charge on any atom is -0.444 e. The zero-order valence-electron chi connectivity index (χ0n) is 18.5. The summed E-state index contributed by atoms with van der Waals surface area (Å²) >= 11 is 0. The van der Waals surface area contributed by atoms with Crippen molar-refractivity contribution in [2.24, 2.45) is 0 Å². The molecule has 0 atom stereocenters. The smallest absolute Gasteiger partial charge is 0.408 e. The van der Waals surface area contributed by atoms with Crippen LogP contribution in [0.25, 0.3) is 0 Å². The van der Waals surface area contributed by atoms with E-state index in [-0.39, 0.29) is 24.9 Å². The maximum Gasteiger partial charge on any atom is 0.408 e. The fourth-order valence-electron chi connectivity index (χ4n) is 1.64. The molecule has 30 heavy (non-hydrogen) atoms. The van der Waals surface area contributed by atoms with Gasteiger partial charge in [-0.2, -0.15) is 0 Å². The molecule has 4 amide bonds. The number of ether oxygens (including phenoxy) is 2. The molecule has 0 aromatic rings. The lowest BCUT2D eigenvalue weighted by atomic mass is 10.2. The van der Waals surface area contributed by atoms with E-state index >= 15 is 0 Å². The van der Waals surface area contributed by atoms with Crippen molar-refractivity contribution in [3.63, 3.8) is 0 Å². The Hall–Kier alpha value is -1.82. The van der Waals surface area contributed by atoms with Crippen LogP contribution in [0.3, 0.4) is 0 Å². The lowest BCUT2D eigenvalue weighted by Crippen LogP contribution is -2.40. The van der Waals surface area contributed by atoms with Crippen molar-refractivity contribution in [3.8, 4) is 0 Å². The summed E-state index contributed by atoms with van der Waals surface area (Å²) in [5.74, 6) is 0.765. The Balaban J connectivity index is 3.59. The van der Waals surface area contributed by atoms with Gasteiger partial charge in [0.25, 0.3) is 0 Å². The molecule has 0 spiro atoms. The highest BCUT2D eigenvalue weighted by Crippen LogP contribution is 2.19. The highest BCUT2D eigenvalue weighted by Gasteiger charge is 2.17. The Labute approximate surface area is 186 Å². The Bertz CT molecular complexity index is 526. The SMILES string of the molecule is CC(C)(C)OC(=O)NCC(=O)NCCSSCCNC(=O)CNC(=O)OC(C)(C)C. The van der Waals surface area contributed by atoms with Gasteiger partial charge in [0.1, 0.15) is 11.2 Å². The molecule has 0 heterocycles. The van der Waals surface area contributed by atoms with Crippen LogP contribution in [0, 0.1) is 0 Å². The number of carbonyl (C=O) groups excluding carboxylic acids is 4. The predicted molar refractivity (Wildman–Crippen MR) is 119 cm³/mol. The average molecular weight is 467 g/mol. The van der Waals surface area contributed by atoms with Crippen LogP contribution in [0.4, 0.5) is 9.59 Å². The summed E-state index contributed by atoms with van der Waals surface area (Å²) < 4.78 is 10.1. The van der Waals surface area contributed by atoms with E-state index in [9.17, 15) is 19.2 Å². The third kappa shape index (κ3) is 19.5. The zero-order valence-corrected chi connectivity index (χ0v) is 20.1. The quantitative estimate of drug-likeness (QED) is 0.267. The van der Waals surface area contributed by atoms with Crippen LogP contribution in [0.2, 0.25) is 0 Å². The van der Waals surface area contributed by atoms with E-state index in [4.69, 9.17) is 9.47 Å². The molecule has 0 aromatic carbocycles. The molecule has 0 aromatic heterocycles. The van der Waals surface area contributed by atoms with E-state index in [1.165, 1.54) is 0 Å². The summed E-state index contributed by atoms with van der Waals surface area (Å²) in [7, 11) is 3.11. The highest BCUT2D eigenvalue weighted by atomic mass is 33.1. The van der Waals surface area contributed by atoms with Crippen molar-refractivity contribution in [1.82, 2.24) is 21.3 Å². The first-order valence-electron chi connectivity index (χ1n) is 9.50. The van der Waals surface area contributed by atoms with Crippen LogP contribution in [0.1, 0.15) is 41.5 Å². The van der Waals surface area contributed by atoms with Crippen molar-refractivity contribution in [3.05, 3.63) is 0 Å². The molecule has 0 rings (SSSR count). The van der Waals surface area contributed by atoms with Crippen LogP contribution in [0.5, 0.6) is 0 Å². The highest BCUT2D eigenvalue weighted by molar-refractivity contribution is 8.76. The fraction of sp³-hybridized carbons (Fsp3) is 0.778. The van der Waals surface area contributed by atoms with Crippen molar-refractivity contribution >= 4 is 45.6 Å². The van der Waals surface area contributed by atoms with E-state index in [2.05, 4.69) is 21.3 Å². The normalized spacial score (nSPS) is 11.3. The lowest BCUT2D eigenvalue weighted by molar-refractivity contribution is -0.120. The first-order valence-corrected chi connectivity index (χ1v) is 12.0. The van der Waals surface area contributed by atoms with Gasteiger partial charge in [0, 0.05) is 24.6 Å². The third-order valence-electron chi connectivity index (χ3n) is 2.68. The summed E-state index contributed by atoms with van der Waals surface area (Å²) in [5.41, 5.74) is -1.22. The Morgan fingerprint density at radius 2 is 0.967 bits per heavy atom. The number of alkyl carbamates (subject to hydrolysis) is 2. The van der Waals surface area contributed by atoms with E-state index < -0.39 is 23.4 Å². The summed E-state index contributed by atoms with van der Waals surface area (Å²) in [6, 6.07) is 0. The molecule has 4 N–H and O–H groups in total. The van der Waals surface area contributed by atoms with Crippen LogP contribution in [-0.4, -0.2) is 72.9 Å². The molecule has 0 aliphatic carbocycles. The number of hydrogen-bond donors (Lipinski definition) is 4. The summed E-state index contributed by atoms with van der Waals surface area (Å²) in [4.78, 5) is 46.1. The number of amides is 4. The van der Waals surface area contributed by atoms with Crippen molar-refractivity contribution < 1.29 is 28.7 Å². The lowest BCUT2D eigenvalue weighted by Gasteiger charge is -2.19. The molecule has 10 nitrogen and oxygen atoms in total. The van der Waals surface area contributed by atoms with Gasteiger partial charge >= 0.3 is 12.2 Å². The third-order valence-corrected chi connectivity index (χ3v) is 5.09. The van der Waals surface area contributed by atoms with Gasteiger partial charge in [-0.1, -0.05) is 21.6 Å². The van der Waals surface area contributed by atoms with E-state index in [0.717, 1.165) is 0 Å². The first-order chi connectivity index (χ1) is 13.8. The topological polar surface area (TPSA) is 135 Å². The molecule has 0 aliphatic rings. The van der Waals surface area contributed by atoms with E-state index in [1.54, 1.807) is 63.1 Å². The van der Waals surface area contributed by atoms with E-state index in [0.29, 0.717) is 24.6 Å². The first kappa shape index (κ1) is 28.2. The molecule has 0 saturated carbocycles. The average Bonchev–Trinajstić information content (AvgIpc) is 2.57. The zero-order chi connectivity index (χ0) is 23.2. The van der Waals surface area contributed by atoms with Gasteiger partial charge in [-0.15, -0.1) is 0 Å². The number of nitrogens with one attached hydrogen (secondary N) is 4. The van der Waals surface area contributed by atoms with Gasteiger partial charge in [-0.25, -0.2) is 9.59 Å². The van der Waals surface area contributed by atoms with Gasteiger partial charge < -0.3 is 30.7 Å². The van der Waals surface area contributed by atoms with Crippen molar-refractivity contribution in [2.45, 2.75) is 52.7 Å². The van der Waals surface area contributed by atoms with Crippen molar-refractivity contribution in [2.75, 3.05) is 37.7 Å². The van der Waals surface area contributed by atoms with Gasteiger partial charge in [0.05, 0.1) is 13.1 Å². The summed E-state index contributed by atoms with van der Waals surface area (Å²) in [6.07, 6.45) is -1.27. The van der Waals surface area contributed by atoms with Crippen LogP contribution in [0.15, 0.2) is 0 Å². The second-order valence-corrected chi connectivity index (χ2v) is 10.8. The molecule has 12 heteroatoms. The minimum absolute atomic E-state index is 0.143. The van der Waals surface area contributed by atoms with Crippen LogP contribution >= 0.6 is 21.6 Å². The van der Waals surface area contributed by atoms with Gasteiger partial charge in [0.15, 0.2) is 0 Å². The molecule has 174 valence electrons. The second kappa shape index (κ2) is 14.2. The van der Waals surface area contributed by atoms with Gasteiger partial charge in [-0.3, -0.25) is 9.59 Å².